The number of carbonyl (C=O) groups is 1. The topological polar surface area (TPSA) is 26.3 Å². The molecule has 0 saturated heterocycles. The number of ether oxygens (including phenoxy) is 1. The summed E-state index contributed by atoms with van der Waals surface area (Å²) >= 11 is 0. The molecule has 0 aliphatic carbocycles. The van der Waals surface area contributed by atoms with Crippen LogP contribution in [-0.4, -0.2) is 44.2 Å². The van der Waals surface area contributed by atoms with E-state index in [2.05, 4.69) is 71.4 Å². The van der Waals surface area contributed by atoms with Crippen LogP contribution in [0, 0.1) is 0 Å². The summed E-state index contributed by atoms with van der Waals surface area (Å²) in [5.74, 6) is 0.0213. The predicted octanol–water partition coefficient (Wildman–Crippen LogP) is 14.0. The zero-order valence-electron chi connectivity index (χ0n) is 32.7. The summed E-state index contributed by atoms with van der Waals surface area (Å²) in [5, 5.41) is 0. The molecule has 1 atom stereocenters. The van der Waals surface area contributed by atoms with Crippen molar-refractivity contribution < 1.29 is 14.0 Å². The molecule has 3 heteroatoms. The maximum absolute atomic E-state index is 12.6. The van der Waals surface area contributed by atoms with Crippen molar-refractivity contribution in [2.24, 2.45) is 0 Å². The molecule has 276 valence electrons. The van der Waals surface area contributed by atoms with Gasteiger partial charge < -0.3 is 9.22 Å². The fourth-order valence-corrected chi connectivity index (χ4v) is 6.18. The van der Waals surface area contributed by atoms with Gasteiger partial charge >= 0.3 is 5.97 Å². The van der Waals surface area contributed by atoms with Gasteiger partial charge in [-0.05, 0) is 83.5 Å². The van der Waals surface area contributed by atoms with Crippen LogP contribution in [0.5, 0.6) is 0 Å². The van der Waals surface area contributed by atoms with E-state index in [9.17, 15) is 4.79 Å². The molecule has 1 unspecified atom stereocenters. The van der Waals surface area contributed by atoms with Gasteiger partial charge in [0.05, 0.1) is 34.1 Å². The molecule has 0 heterocycles. The van der Waals surface area contributed by atoms with E-state index in [0.717, 1.165) is 36.7 Å². The Morgan fingerprint density at radius 1 is 0.489 bits per heavy atom. The predicted molar refractivity (Wildman–Crippen MR) is 210 cm³/mol. The van der Waals surface area contributed by atoms with E-state index in [-0.39, 0.29) is 12.1 Å². The van der Waals surface area contributed by atoms with Crippen LogP contribution in [0.1, 0.15) is 206 Å². The summed E-state index contributed by atoms with van der Waals surface area (Å²) in [7, 11) is 6.56. The number of unbranched alkanes of at least 4 members (excludes halogenated alkanes) is 21. The van der Waals surface area contributed by atoms with Gasteiger partial charge in [-0.25, -0.2) is 0 Å². The van der Waals surface area contributed by atoms with Gasteiger partial charge in [-0.3, -0.25) is 4.79 Å². The van der Waals surface area contributed by atoms with E-state index >= 15 is 0 Å². The number of hydrogen-bond donors (Lipinski definition) is 0. The van der Waals surface area contributed by atoms with E-state index in [1.165, 1.54) is 161 Å². The lowest BCUT2D eigenvalue weighted by molar-refractivity contribution is -0.870. The highest BCUT2D eigenvalue weighted by atomic mass is 16.5. The van der Waals surface area contributed by atoms with Crippen LogP contribution >= 0.6 is 0 Å². The van der Waals surface area contributed by atoms with Gasteiger partial charge in [0.15, 0.2) is 0 Å². The smallest absolute Gasteiger partial charge is 0.306 e. The summed E-state index contributed by atoms with van der Waals surface area (Å²) in [6.07, 6.45) is 51.8. The fourth-order valence-electron chi connectivity index (χ4n) is 6.18. The Morgan fingerprint density at radius 2 is 0.851 bits per heavy atom. The molecule has 0 saturated carbocycles. The lowest BCUT2D eigenvalue weighted by Gasteiger charge is -2.24. The summed E-state index contributed by atoms with van der Waals surface area (Å²) in [6.45, 7) is 5.56. The van der Waals surface area contributed by atoms with Crippen molar-refractivity contribution in [3.63, 3.8) is 0 Å². The molecule has 0 bridgehead atoms. The van der Waals surface area contributed by atoms with Gasteiger partial charge in [-0.15, -0.1) is 0 Å². The van der Waals surface area contributed by atoms with Gasteiger partial charge in [0.1, 0.15) is 6.10 Å². The molecule has 0 aliphatic heterocycles. The van der Waals surface area contributed by atoms with Crippen molar-refractivity contribution in [2.75, 3.05) is 27.7 Å². The molecule has 0 fully saturated rings. The minimum atomic E-state index is 0.0213. The highest BCUT2D eigenvalue weighted by molar-refractivity contribution is 5.69. The molecule has 0 N–H and O–H groups in total. The van der Waals surface area contributed by atoms with Crippen LogP contribution in [0.3, 0.4) is 0 Å². The van der Waals surface area contributed by atoms with Crippen molar-refractivity contribution in [1.82, 2.24) is 0 Å². The quantitative estimate of drug-likeness (QED) is 0.0290. The molecular weight excluding hydrogens is 574 g/mol. The second-order valence-corrected chi connectivity index (χ2v) is 15.3. The van der Waals surface area contributed by atoms with Crippen molar-refractivity contribution in [3.8, 4) is 0 Å². The van der Waals surface area contributed by atoms with Gasteiger partial charge in [0, 0.05) is 6.42 Å². The van der Waals surface area contributed by atoms with Gasteiger partial charge in [-0.1, -0.05) is 147 Å². The largest absolute Gasteiger partial charge is 0.462 e. The maximum Gasteiger partial charge on any atom is 0.306 e. The Balaban J connectivity index is 4.05. The molecule has 0 aromatic rings. The Hall–Kier alpha value is -1.35. The van der Waals surface area contributed by atoms with E-state index < -0.39 is 0 Å². The number of esters is 1. The number of carbonyl (C=O) groups excluding carboxylic acids is 1. The monoisotopic (exact) mass is 659 g/mol. The highest BCUT2D eigenvalue weighted by Gasteiger charge is 2.16. The lowest BCUT2D eigenvalue weighted by atomic mass is 10.0. The minimum absolute atomic E-state index is 0.0213. The SMILES string of the molecule is CCCCC/C=C\C/C=C\CCCCCCCCC(CCCCCCCC/C=C\CCCCCCCC)OC(=O)CCC[N+](C)(C)C. The first-order chi connectivity index (χ1) is 22.9. The van der Waals surface area contributed by atoms with Gasteiger partial charge in [-0.2, -0.15) is 0 Å². The van der Waals surface area contributed by atoms with Crippen molar-refractivity contribution in [3.05, 3.63) is 36.5 Å². The summed E-state index contributed by atoms with van der Waals surface area (Å²) in [4.78, 5) is 12.6. The molecule has 0 radical (unpaired) electrons. The second kappa shape index (κ2) is 35.9. The van der Waals surface area contributed by atoms with Crippen LogP contribution < -0.4 is 0 Å². The van der Waals surface area contributed by atoms with E-state index in [1.807, 2.05) is 0 Å². The minimum Gasteiger partial charge on any atom is -0.462 e. The second-order valence-electron chi connectivity index (χ2n) is 15.3. The van der Waals surface area contributed by atoms with Gasteiger partial charge in [0.25, 0.3) is 0 Å². The first-order valence-corrected chi connectivity index (χ1v) is 20.8. The molecule has 0 spiro atoms. The third-order valence-corrected chi connectivity index (χ3v) is 9.27. The van der Waals surface area contributed by atoms with Crippen molar-refractivity contribution in [1.29, 1.82) is 0 Å². The average Bonchev–Trinajstić information content (AvgIpc) is 3.03. The Morgan fingerprint density at radius 3 is 1.30 bits per heavy atom. The molecular formula is C44H84NO2+. The Labute approximate surface area is 296 Å². The summed E-state index contributed by atoms with van der Waals surface area (Å²) in [6, 6.07) is 0. The van der Waals surface area contributed by atoms with Crippen LogP contribution in [0.4, 0.5) is 0 Å². The van der Waals surface area contributed by atoms with Crippen LogP contribution in [0.2, 0.25) is 0 Å². The Bertz CT molecular complexity index is 732. The molecule has 0 aliphatic rings. The third kappa shape index (κ3) is 39.0. The molecule has 0 aromatic carbocycles. The fraction of sp³-hybridized carbons (Fsp3) is 0.841. The van der Waals surface area contributed by atoms with E-state index in [0.29, 0.717) is 6.42 Å². The highest BCUT2D eigenvalue weighted by Crippen LogP contribution is 2.18. The van der Waals surface area contributed by atoms with Crippen LogP contribution in [0.25, 0.3) is 0 Å². The normalized spacial score (nSPS) is 13.0. The average molecular weight is 659 g/mol. The summed E-state index contributed by atoms with van der Waals surface area (Å²) < 4.78 is 6.95. The Kier molecular flexibility index (Phi) is 34.9. The first kappa shape index (κ1) is 45.6. The van der Waals surface area contributed by atoms with E-state index in [1.54, 1.807) is 0 Å². The zero-order chi connectivity index (χ0) is 34.5. The van der Waals surface area contributed by atoms with Gasteiger partial charge in [0.2, 0.25) is 0 Å². The zero-order valence-corrected chi connectivity index (χ0v) is 32.7. The van der Waals surface area contributed by atoms with E-state index in [4.69, 9.17) is 4.74 Å². The van der Waals surface area contributed by atoms with Crippen molar-refractivity contribution >= 4 is 5.97 Å². The molecule has 0 rings (SSSR count). The number of quaternary nitrogens is 1. The standard InChI is InChI=1S/C44H84NO2/c1-6-8-10-12-14-16-18-20-22-24-26-28-30-32-34-36-39-43(47-44(46)41-38-42-45(3,4)5)40-37-35-33-31-29-27-25-23-21-19-17-15-13-11-9-7-2/h14,16,20-23,43H,6-13,15,17-19,24-42H2,1-5H3/q+1/b16-14-,22-20-,23-21-. The molecule has 3 nitrogen and oxygen atoms in total. The number of hydrogen-bond acceptors (Lipinski definition) is 2. The maximum atomic E-state index is 12.6. The third-order valence-electron chi connectivity index (χ3n) is 9.27. The first-order valence-electron chi connectivity index (χ1n) is 20.8. The lowest BCUT2D eigenvalue weighted by Crippen LogP contribution is -2.35. The summed E-state index contributed by atoms with van der Waals surface area (Å²) in [5.41, 5.74) is 0. The molecule has 0 amide bonds. The number of rotatable bonds is 36. The van der Waals surface area contributed by atoms with Crippen LogP contribution in [0.15, 0.2) is 36.5 Å². The molecule has 0 aromatic heterocycles. The molecule has 47 heavy (non-hydrogen) atoms. The van der Waals surface area contributed by atoms with Crippen LogP contribution in [-0.2, 0) is 9.53 Å². The number of nitrogens with zero attached hydrogens (tertiary/aromatic N) is 1. The van der Waals surface area contributed by atoms with Crippen molar-refractivity contribution in [2.45, 2.75) is 213 Å². The number of allylic oxidation sites excluding steroid dienone is 6.